The number of carbonyl (C=O) groups excluding carboxylic acids is 1. The number of rotatable bonds is 7. The molecule has 1 aromatic carbocycles. The first-order valence-corrected chi connectivity index (χ1v) is 8.09. The molecule has 0 saturated heterocycles. The Morgan fingerprint density at radius 3 is 2.60 bits per heavy atom. The maximum Gasteiger partial charge on any atom is 0.270 e. The zero-order valence-electron chi connectivity index (χ0n) is 13.7. The zero-order valence-corrected chi connectivity index (χ0v) is 13.7. The second kappa shape index (κ2) is 8.54. The maximum absolute atomic E-state index is 12.2. The van der Waals surface area contributed by atoms with Gasteiger partial charge in [0.15, 0.2) is 0 Å². The van der Waals surface area contributed by atoms with Crippen molar-refractivity contribution in [1.82, 2.24) is 20.3 Å². The molecule has 0 fully saturated rings. The van der Waals surface area contributed by atoms with Crippen molar-refractivity contribution in [2.24, 2.45) is 0 Å². The topological polar surface area (TPSA) is 79.8 Å². The molecule has 0 saturated carbocycles. The Morgan fingerprint density at radius 1 is 0.960 bits per heavy atom. The minimum Gasteiger partial charge on any atom is -0.350 e. The third kappa shape index (κ3) is 5.10. The summed E-state index contributed by atoms with van der Waals surface area (Å²) in [6.45, 7) is 1.11. The van der Waals surface area contributed by atoms with Gasteiger partial charge in [-0.15, -0.1) is 0 Å². The van der Waals surface area contributed by atoms with E-state index >= 15 is 0 Å². The quantitative estimate of drug-likeness (QED) is 0.694. The molecule has 0 radical (unpaired) electrons. The molecule has 0 aliphatic carbocycles. The summed E-state index contributed by atoms with van der Waals surface area (Å²) in [5.41, 5.74) is 2.55. The van der Waals surface area contributed by atoms with Gasteiger partial charge in [-0.1, -0.05) is 36.4 Å². The van der Waals surface area contributed by atoms with Gasteiger partial charge in [0.05, 0.1) is 0 Å². The van der Waals surface area contributed by atoms with E-state index in [2.05, 4.69) is 25.6 Å². The third-order valence-electron chi connectivity index (χ3n) is 3.60. The first kappa shape index (κ1) is 16.6. The van der Waals surface area contributed by atoms with E-state index < -0.39 is 0 Å². The lowest BCUT2D eigenvalue weighted by Gasteiger charge is -2.07. The molecule has 0 atom stereocenters. The largest absolute Gasteiger partial charge is 0.350 e. The van der Waals surface area contributed by atoms with Crippen molar-refractivity contribution in [3.63, 3.8) is 0 Å². The predicted molar refractivity (Wildman–Crippen MR) is 96.1 cm³/mol. The molecular weight excluding hydrogens is 314 g/mol. The van der Waals surface area contributed by atoms with Gasteiger partial charge < -0.3 is 10.6 Å². The Bertz CT molecular complexity index is 808. The van der Waals surface area contributed by atoms with Crippen molar-refractivity contribution in [2.75, 3.05) is 11.9 Å². The minimum atomic E-state index is -0.206. The highest BCUT2D eigenvalue weighted by Gasteiger charge is 2.08. The highest BCUT2D eigenvalue weighted by molar-refractivity contribution is 5.92. The Kier molecular flexibility index (Phi) is 5.66. The summed E-state index contributed by atoms with van der Waals surface area (Å²) >= 11 is 0. The summed E-state index contributed by atoms with van der Waals surface area (Å²) in [5, 5.41) is 5.98. The third-order valence-corrected chi connectivity index (χ3v) is 3.60. The highest BCUT2D eigenvalue weighted by Crippen LogP contribution is 2.04. The monoisotopic (exact) mass is 333 g/mol. The van der Waals surface area contributed by atoms with Crippen LogP contribution in [0, 0.1) is 0 Å². The molecule has 0 bridgehead atoms. The number of nitrogens with zero attached hydrogens (tertiary/aromatic N) is 3. The number of nitrogens with one attached hydrogen (secondary N) is 2. The molecule has 3 rings (SSSR count). The molecule has 3 aromatic rings. The standard InChI is InChI=1S/C19H19N5O/c25-18(21-11-8-15-5-2-1-3-6-15)17-9-12-22-19(24-17)23-14-16-7-4-10-20-13-16/h1-7,9-10,12-13H,8,11,14H2,(H,21,25)(H,22,23,24). The Morgan fingerprint density at radius 2 is 1.80 bits per heavy atom. The number of pyridine rings is 1. The number of hydrogen-bond donors (Lipinski definition) is 2. The van der Waals surface area contributed by atoms with E-state index in [9.17, 15) is 4.79 Å². The summed E-state index contributed by atoms with van der Waals surface area (Å²) < 4.78 is 0. The smallest absolute Gasteiger partial charge is 0.270 e. The van der Waals surface area contributed by atoms with Crippen LogP contribution in [0.15, 0.2) is 67.1 Å². The first-order chi connectivity index (χ1) is 12.3. The molecule has 0 aliphatic rings. The van der Waals surface area contributed by atoms with Gasteiger partial charge in [0.25, 0.3) is 5.91 Å². The Hall–Kier alpha value is -3.28. The molecule has 126 valence electrons. The van der Waals surface area contributed by atoms with Crippen LogP contribution >= 0.6 is 0 Å². The van der Waals surface area contributed by atoms with Gasteiger partial charge in [0, 0.05) is 31.7 Å². The lowest BCUT2D eigenvalue weighted by molar-refractivity contribution is 0.0949. The lowest BCUT2D eigenvalue weighted by Crippen LogP contribution is -2.26. The van der Waals surface area contributed by atoms with Crippen LogP contribution in [-0.4, -0.2) is 27.4 Å². The van der Waals surface area contributed by atoms with Crippen molar-refractivity contribution in [1.29, 1.82) is 0 Å². The Balaban J connectivity index is 1.52. The number of benzene rings is 1. The molecule has 6 nitrogen and oxygen atoms in total. The van der Waals surface area contributed by atoms with E-state index in [0.717, 1.165) is 12.0 Å². The fourth-order valence-electron chi connectivity index (χ4n) is 2.31. The van der Waals surface area contributed by atoms with E-state index in [1.54, 1.807) is 24.7 Å². The van der Waals surface area contributed by atoms with Crippen LogP contribution in [0.5, 0.6) is 0 Å². The zero-order chi connectivity index (χ0) is 17.3. The van der Waals surface area contributed by atoms with Crippen LogP contribution in [0.1, 0.15) is 21.6 Å². The Labute approximate surface area is 146 Å². The molecule has 6 heteroatoms. The van der Waals surface area contributed by atoms with Crippen LogP contribution in [0.4, 0.5) is 5.95 Å². The first-order valence-electron chi connectivity index (χ1n) is 8.09. The molecule has 2 heterocycles. The second-order valence-corrected chi connectivity index (χ2v) is 5.47. The van der Waals surface area contributed by atoms with Crippen molar-refractivity contribution >= 4 is 11.9 Å². The summed E-state index contributed by atoms with van der Waals surface area (Å²) in [5.74, 6) is 0.210. The summed E-state index contributed by atoms with van der Waals surface area (Å²) in [4.78, 5) is 24.7. The van der Waals surface area contributed by atoms with E-state index in [4.69, 9.17) is 0 Å². The average molecular weight is 333 g/mol. The van der Waals surface area contributed by atoms with Gasteiger partial charge in [-0.25, -0.2) is 9.97 Å². The van der Waals surface area contributed by atoms with Crippen molar-refractivity contribution in [3.8, 4) is 0 Å². The number of aromatic nitrogens is 3. The summed E-state index contributed by atoms with van der Waals surface area (Å²) in [6, 6.07) is 15.5. The normalized spacial score (nSPS) is 10.2. The van der Waals surface area contributed by atoms with Crippen LogP contribution in [0.25, 0.3) is 0 Å². The van der Waals surface area contributed by atoms with Crippen LogP contribution in [-0.2, 0) is 13.0 Å². The van der Waals surface area contributed by atoms with Gasteiger partial charge in [-0.2, -0.15) is 0 Å². The SMILES string of the molecule is O=C(NCCc1ccccc1)c1ccnc(NCc2cccnc2)n1. The minimum absolute atomic E-state index is 0.206. The van der Waals surface area contributed by atoms with Crippen molar-refractivity contribution in [2.45, 2.75) is 13.0 Å². The molecule has 0 spiro atoms. The van der Waals surface area contributed by atoms with E-state index in [-0.39, 0.29) is 5.91 Å². The number of hydrogen-bond acceptors (Lipinski definition) is 5. The fraction of sp³-hybridized carbons (Fsp3) is 0.158. The van der Waals surface area contributed by atoms with Crippen LogP contribution in [0.3, 0.4) is 0 Å². The van der Waals surface area contributed by atoms with Gasteiger partial charge in [0.2, 0.25) is 5.95 Å². The van der Waals surface area contributed by atoms with E-state index in [1.807, 2.05) is 42.5 Å². The van der Waals surface area contributed by atoms with Crippen molar-refractivity contribution < 1.29 is 4.79 Å². The summed E-state index contributed by atoms with van der Waals surface area (Å²) in [7, 11) is 0. The van der Waals surface area contributed by atoms with Crippen molar-refractivity contribution in [3.05, 3.63) is 83.9 Å². The molecule has 1 amide bonds. The van der Waals surface area contributed by atoms with Crippen LogP contribution < -0.4 is 10.6 Å². The van der Waals surface area contributed by atoms with E-state index in [1.165, 1.54) is 5.56 Å². The predicted octanol–water partition coefficient (Wildman–Crippen LogP) is 2.46. The molecule has 2 aromatic heterocycles. The van der Waals surface area contributed by atoms with Gasteiger partial charge in [-0.3, -0.25) is 9.78 Å². The molecular formula is C19H19N5O. The fourth-order valence-corrected chi connectivity index (χ4v) is 2.31. The maximum atomic E-state index is 12.2. The number of carbonyl (C=O) groups is 1. The van der Waals surface area contributed by atoms with Gasteiger partial charge in [-0.05, 0) is 29.7 Å². The summed E-state index contributed by atoms with van der Waals surface area (Å²) in [6.07, 6.45) is 5.85. The molecule has 25 heavy (non-hydrogen) atoms. The second-order valence-electron chi connectivity index (χ2n) is 5.47. The van der Waals surface area contributed by atoms with Gasteiger partial charge in [0.1, 0.15) is 5.69 Å². The molecule has 0 unspecified atom stereocenters. The van der Waals surface area contributed by atoms with E-state index in [0.29, 0.717) is 24.7 Å². The lowest BCUT2D eigenvalue weighted by atomic mass is 10.1. The molecule has 2 N–H and O–H groups in total. The molecule has 0 aliphatic heterocycles. The number of amides is 1. The number of anilines is 1. The average Bonchev–Trinajstić information content (AvgIpc) is 2.68. The van der Waals surface area contributed by atoms with Crippen LogP contribution in [0.2, 0.25) is 0 Å². The van der Waals surface area contributed by atoms with Gasteiger partial charge >= 0.3 is 0 Å². The highest BCUT2D eigenvalue weighted by atomic mass is 16.1.